The van der Waals surface area contributed by atoms with Crippen LogP contribution >= 0.6 is 12.4 Å². The summed E-state index contributed by atoms with van der Waals surface area (Å²) in [5, 5.41) is 6.93. The van der Waals surface area contributed by atoms with Crippen molar-refractivity contribution in [1.29, 1.82) is 0 Å². The van der Waals surface area contributed by atoms with Gasteiger partial charge in [0, 0.05) is 32.0 Å². The van der Waals surface area contributed by atoms with Crippen molar-refractivity contribution in [2.75, 3.05) is 19.6 Å². The first-order valence-electron chi connectivity index (χ1n) is 8.67. The van der Waals surface area contributed by atoms with Gasteiger partial charge in [-0.1, -0.05) is 11.2 Å². The molecule has 28 heavy (non-hydrogen) atoms. The number of amides is 1. The van der Waals surface area contributed by atoms with Crippen molar-refractivity contribution in [3.63, 3.8) is 0 Å². The molecule has 0 spiro atoms. The Kier molecular flexibility index (Phi) is 7.16. The maximum atomic E-state index is 13.0. The lowest BCUT2D eigenvalue weighted by Crippen LogP contribution is -2.54. The molecule has 2 aromatic rings. The topological polar surface area (TPSA) is 117 Å². The molecule has 0 bridgehead atoms. The zero-order chi connectivity index (χ0) is 19.6. The Hall–Kier alpha value is -2.01. The summed E-state index contributed by atoms with van der Waals surface area (Å²) >= 11 is 0. The minimum Gasteiger partial charge on any atom is -0.360 e. The fourth-order valence-corrected chi connectivity index (χ4v) is 4.81. The second-order valence-corrected chi connectivity index (χ2v) is 8.19. The molecule has 1 fully saturated rings. The molecule has 3 heterocycles. The first kappa shape index (κ1) is 22.3. The minimum atomic E-state index is -3.93. The summed E-state index contributed by atoms with van der Waals surface area (Å²) in [5.74, 6) is -0.101. The van der Waals surface area contributed by atoms with E-state index in [1.54, 1.807) is 31.1 Å². The van der Waals surface area contributed by atoms with E-state index in [2.05, 4.69) is 20.2 Å². The maximum absolute atomic E-state index is 13.0. The van der Waals surface area contributed by atoms with Gasteiger partial charge in [-0.15, -0.1) is 12.4 Å². The lowest BCUT2D eigenvalue weighted by atomic mass is 10.0. The largest absolute Gasteiger partial charge is 0.360 e. The van der Waals surface area contributed by atoms with E-state index < -0.39 is 16.1 Å². The van der Waals surface area contributed by atoms with Crippen molar-refractivity contribution in [3.05, 3.63) is 41.5 Å². The van der Waals surface area contributed by atoms with E-state index in [1.807, 2.05) is 12.1 Å². The second kappa shape index (κ2) is 8.99. The molecule has 1 saturated heterocycles. The standard InChI is InChI=1S/C17H23N5O4S.ClH/c1-11-16(13(3)26-20-11)27(24,25)21-12(2)17(23)22-8-7-19-10-15(22)14-5-4-6-18-9-14;/h4-6,9,12,15,19,21H,7-8,10H2,1-3H3;1H. The third-order valence-corrected chi connectivity index (χ3v) is 6.32. The first-order chi connectivity index (χ1) is 12.8. The van der Waals surface area contributed by atoms with Gasteiger partial charge >= 0.3 is 0 Å². The zero-order valence-corrected chi connectivity index (χ0v) is 17.5. The molecule has 2 aromatic heterocycles. The van der Waals surface area contributed by atoms with Crippen LogP contribution in [0, 0.1) is 13.8 Å². The number of hydrogen-bond donors (Lipinski definition) is 2. The van der Waals surface area contributed by atoms with Gasteiger partial charge in [-0.25, -0.2) is 8.42 Å². The zero-order valence-electron chi connectivity index (χ0n) is 15.9. The lowest BCUT2D eigenvalue weighted by molar-refractivity contribution is -0.136. The molecule has 154 valence electrons. The molecule has 11 heteroatoms. The summed E-state index contributed by atoms with van der Waals surface area (Å²) in [7, 11) is -3.93. The van der Waals surface area contributed by atoms with Crippen LogP contribution in [0.1, 0.15) is 30.0 Å². The molecule has 0 radical (unpaired) electrons. The summed E-state index contributed by atoms with van der Waals surface area (Å²) in [6, 6.07) is 2.59. The van der Waals surface area contributed by atoms with Crippen LogP contribution in [-0.2, 0) is 14.8 Å². The number of halogens is 1. The van der Waals surface area contributed by atoms with Crippen molar-refractivity contribution >= 4 is 28.3 Å². The van der Waals surface area contributed by atoms with Crippen molar-refractivity contribution in [1.82, 2.24) is 25.1 Å². The van der Waals surface area contributed by atoms with E-state index in [0.717, 1.165) is 5.56 Å². The van der Waals surface area contributed by atoms with Crippen LogP contribution in [0.4, 0.5) is 0 Å². The molecule has 0 saturated carbocycles. The highest BCUT2D eigenvalue weighted by molar-refractivity contribution is 7.89. The van der Waals surface area contributed by atoms with Crippen LogP contribution in [0.3, 0.4) is 0 Å². The van der Waals surface area contributed by atoms with E-state index in [4.69, 9.17) is 4.52 Å². The quantitative estimate of drug-likeness (QED) is 0.726. The molecule has 2 N–H and O–H groups in total. The third-order valence-electron chi connectivity index (χ3n) is 4.53. The normalized spacial score (nSPS) is 18.4. The van der Waals surface area contributed by atoms with Crippen LogP contribution in [0.15, 0.2) is 33.9 Å². The third kappa shape index (κ3) is 4.52. The summed E-state index contributed by atoms with van der Waals surface area (Å²) in [6.45, 7) is 6.32. The Bertz CT molecular complexity index is 899. The predicted octanol–water partition coefficient (Wildman–Crippen LogP) is 0.948. The van der Waals surface area contributed by atoms with Gasteiger partial charge in [0.1, 0.15) is 10.6 Å². The van der Waals surface area contributed by atoms with E-state index in [0.29, 0.717) is 19.6 Å². The molecular formula is C17H24ClN5O4S. The van der Waals surface area contributed by atoms with Gasteiger partial charge in [-0.05, 0) is 32.4 Å². The van der Waals surface area contributed by atoms with Gasteiger partial charge < -0.3 is 14.7 Å². The number of carbonyl (C=O) groups is 1. The fourth-order valence-electron chi connectivity index (χ4n) is 3.29. The van der Waals surface area contributed by atoms with Crippen LogP contribution in [0.25, 0.3) is 0 Å². The van der Waals surface area contributed by atoms with Crippen LogP contribution in [0.2, 0.25) is 0 Å². The molecule has 1 aliphatic heterocycles. The molecule has 1 aliphatic rings. The molecule has 9 nitrogen and oxygen atoms in total. The average Bonchev–Trinajstić information content (AvgIpc) is 3.00. The monoisotopic (exact) mass is 429 g/mol. The number of hydrogen-bond acceptors (Lipinski definition) is 7. The van der Waals surface area contributed by atoms with Gasteiger partial charge in [0.05, 0.1) is 12.1 Å². The summed E-state index contributed by atoms with van der Waals surface area (Å²) in [4.78, 5) is 18.8. The Morgan fingerprint density at radius 1 is 1.43 bits per heavy atom. The molecule has 0 aromatic carbocycles. The number of piperazine rings is 1. The minimum absolute atomic E-state index is 0. The molecule has 1 amide bonds. The van der Waals surface area contributed by atoms with E-state index in [1.165, 1.54) is 6.92 Å². The van der Waals surface area contributed by atoms with Gasteiger partial charge in [0.2, 0.25) is 15.9 Å². The average molecular weight is 430 g/mol. The van der Waals surface area contributed by atoms with Crippen molar-refractivity contribution in [3.8, 4) is 0 Å². The Morgan fingerprint density at radius 2 is 2.18 bits per heavy atom. The van der Waals surface area contributed by atoms with Crippen LogP contribution in [-0.4, -0.2) is 55.0 Å². The number of nitrogens with one attached hydrogen (secondary N) is 2. The van der Waals surface area contributed by atoms with Crippen LogP contribution < -0.4 is 10.0 Å². The van der Waals surface area contributed by atoms with E-state index in [-0.39, 0.29) is 40.7 Å². The van der Waals surface area contributed by atoms with Gasteiger partial charge in [0.15, 0.2) is 5.76 Å². The summed E-state index contributed by atoms with van der Waals surface area (Å²) in [6.07, 6.45) is 3.39. The van der Waals surface area contributed by atoms with E-state index >= 15 is 0 Å². The number of sulfonamides is 1. The van der Waals surface area contributed by atoms with E-state index in [9.17, 15) is 13.2 Å². The molecule has 3 rings (SSSR count). The van der Waals surface area contributed by atoms with Crippen molar-refractivity contribution < 1.29 is 17.7 Å². The molecule has 2 unspecified atom stereocenters. The highest BCUT2D eigenvalue weighted by Crippen LogP contribution is 2.23. The molecule has 0 aliphatic carbocycles. The number of pyridine rings is 1. The SMILES string of the molecule is Cc1noc(C)c1S(=O)(=O)NC(C)C(=O)N1CCNCC1c1cccnc1.Cl. The number of carbonyl (C=O) groups excluding carboxylic acids is 1. The Morgan fingerprint density at radius 3 is 2.79 bits per heavy atom. The number of nitrogens with zero attached hydrogens (tertiary/aromatic N) is 3. The maximum Gasteiger partial charge on any atom is 0.246 e. The fraction of sp³-hybridized carbons (Fsp3) is 0.471. The Labute approximate surface area is 170 Å². The van der Waals surface area contributed by atoms with Gasteiger partial charge in [0.25, 0.3) is 0 Å². The second-order valence-electron chi connectivity index (χ2n) is 6.53. The highest BCUT2D eigenvalue weighted by Gasteiger charge is 2.34. The van der Waals surface area contributed by atoms with Crippen molar-refractivity contribution in [2.45, 2.75) is 37.8 Å². The number of rotatable bonds is 5. The smallest absolute Gasteiger partial charge is 0.246 e. The van der Waals surface area contributed by atoms with Crippen molar-refractivity contribution in [2.24, 2.45) is 0 Å². The summed E-state index contributed by atoms with van der Waals surface area (Å²) in [5.41, 5.74) is 1.16. The Balaban J connectivity index is 0.00000280. The lowest BCUT2D eigenvalue weighted by Gasteiger charge is -2.37. The molecule has 2 atom stereocenters. The number of aryl methyl sites for hydroxylation is 2. The predicted molar refractivity (Wildman–Crippen MR) is 105 cm³/mol. The summed E-state index contributed by atoms with van der Waals surface area (Å²) < 4.78 is 32.7. The number of aromatic nitrogens is 2. The first-order valence-corrected chi connectivity index (χ1v) is 10.2. The highest BCUT2D eigenvalue weighted by atomic mass is 35.5. The van der Waals surface area contributed by atoms with Crippen LogP contribution in [0.5, 0.6) is 0 Å². The molecular weight excluding hydrogens is 406 g/mol. The van der Waals surface area contributed by atoms with Gasteiger partial charge in [-0.2, -0.15) is 4.72 Å². The van der Waals surface area contributed by atoms with Gasteiger partial charge in [-0.3, -0.25) is 9.78 Å².